The average molecular weight is 269 g/mol. The van der Waals surface area contributed by atoms with Crippen LogP contribution in [0.5, 0.6) is 0 Å². The highest BCUT2D eigenvalue weighted by Crippen LogP contribution is 2.09. The smallest absolute Gasteiger partial charge is 0.0547 e. The lowest BCUT2D eigenvalue weighted by molar-refractivity contribution is 0.251. The molecule has 0 aliphatic rings. The van der Waals surface area contributed by atoms with Gasteiger partial charge in [0.05, 0.1) is 11.4 Å². The second-order valence-corrected chi connectivity index (χ2v) is 5.25. The molecule has 2 aromatic rings. The minimum atomic E-state index is 0.880. The van der Waals surface area contributed by atoms with Crippen molar-refractivity contribution in [2.75, 3.05) is 6.54 Å². The van der Waals surface area contributed by atoms with E-state index in [-0.39, 0.29) is 0 Å². The van der Waals surface area contributed by atoms with Gasteiger partial charge in [0, 0.05) is 24.5 Å². The van der Waals surface area contributed by atoms with Gasteiger partial charge in [0.2, 0.25) is 0 Å². The van der Waals surface area contributed by atoms with Gasteiger partial charge in [-0.1, -0.05) is 19.1 Å². The van der Waals surface area contributed by atoms with E-state index in [0.717, 1.165) is 48.8 Å². The van der Waals surface area contributed by atoms with Crippen LogP contribution in [0.3, 0.4) is 0 Å². The van der Waals surface area contributed by atoms with Crippen molar-refractivity contribution in [2.24, 2.45) is 0 Å². The van der Waals surface area contributed by atoms with Crippen LogP contribution in [-0.2, 0) is 13.1 Å². The summed E-state index contributed by atoms with van der Waals surface area (Å²) in [4.78, 5) is 11.6. The monoisotopic (exact) mass is 269 g/mol. The van der Waals surface area contributed by atoms with Gasteiger partial charge in [0.15, 0.2) is 0 Å². The van der Waals surface area contributed by atoms with Gasteiger partial charge in [-0.05, 0) is 51.1 Å². The van der Waals surface area contributed by atoms with Crippen molar-refractivity contribution in [3.63, 3.8) is 0 Å². The van der Waals surface area contributed by atoms with Crippen LogP contribution in [0.4, 0.5) is 0 Å². The molecule has 0 aliphatic heterocycles. The molecule has 0 amide bonds. The lowest BCUT2D eigenvalue weighted by Gasteiger charge is -2.21. The predicted molar refractivity (Wildman–Crippen MR) is 82.4 cm³/mol. The number of nitrogens with zero attached hydrogens (tertiary/aromatic N) is 3. The summed E-state index contributed by atoms with van der Waals surface area (Å²) in [5.74, 6) is 0. The van der Waals surface area contributed by atoms with Gasteiger partial charge < -0.3 is 0 Å². The molecule has 2 aromatic heterocycles. The minimum absolute atomic E-state index is 0.880. The largest absolute Gasteiger partial charge is 0.292 e. The van der Waals surface area contributed by atoms with Crippen LogP contribution >= 0.6 is 0 Å². The molecule has 0 N–H and O–H groups in total. The molecule has 106 valence electrons. The lowest BCUT2D eigenvalue weighted by Crippen LogP contribution is -2.24. The lowest BCUT2D eigenvalue weighted by atomic mass is 10.2. The molecule has 0 aromatic carbocycles. The second kappa shape index (κ2) is 7.15. The summed E-state index contributed by atoms with van der Waals surface area (Å²) in [5.41, 5.74) is 4.41. The van der Waals surface area contributed by atoms with Crippen molar-refractivity contribution in [2.45, 2.75) is 40.3 Å². The number of hydrogen-bond acceptors (Lipinski definition) is 3. The van der Waals surface area contributed by atoms with Gasteiger partial charge in [-0.2, -0.15) is 0 Å². The van der Waals surface area contributed by atoms with Crippen LogP contribution in [0.1, 0.15) is 36.1 Å². The van der Waals surface area contributed by atoms with E-state index in [1.54, 1.807) is 0 Å². The summed E-state index contributed by atoms with van der Waals surface area (Å²) in [6.45, 7) is 9.10. The van der Waals surface area contributed by atoms with E-state index < -0.39 is 0 Å². The van der Waals surface area contributed by atoms with Crippen molar-refractivity contribution in [1.82, 2.24) is 14.9 Å². The van der Waals surface area contributed by atoms with Gasteiger partial charge in [0.1, 0.15) is 0 Å². The summed E-state index contributed by atoms with van der Waals surface area (Å²) in [6.07, 6.45) is 1.14. The zero-order valence-corrected chi connectivity index (χ0v) is 12.6. The molecule has 0 saturated heterocycles. The number of hydrogen-bond donors (Lipinski definition) is 0. The Morgan fingerprint density at radius 2 is 1.35 bits per heavy atom. The molecule has 0 spiro atoms. The highest BCUT2D eigenvalue weighted by Gasteiger charge is 2.08. The normalized spacial score (nSPS) is 11.0. The van der Waals surface area contributed by atoms with Crippen LogP contribution in [-0.4, -0.2) is 21.4 Å². The zero-order chi connectivity index (χ0) is 14.4. The molecule has 0 bridgehead atoms. The fourth-order valence-corrected chi connectivity index (χ4v) is 2.36. The molecule has 0 aliphatic carbocycles. The van der Waals surface area contributed by atoms with Crippen molar-refractivity contribution >= 4 is 0 Å². The maximum atomic E-state index is 4.59. The highest BCUT2D eigenvalue weighted by atomic mass is 15.1. The highest BCUT2D eigenvalue weighted by molar-refractivity contribution is 5.12. The molecule has 20 heavy (non-hydrogen) atoms. The van der Waals surface area contributed by atoms with E-state index in [1.807, 2.05) is 26.0 Å². The maximum Gasteiger partial charge on any atom is 0.0547 e. The van der Waals surface area contributed by atoms with Gasteiger partial charge in [-0.3, -0.25) is 14.9 Å². The Morgan fingerprint density at radius 3 is 1.75 bits per heavy atom. The van der Waals surface area contributed by atoms with Crippen LogP contribution in [0.15, 0.2) is 36.4 Å². The molecule has 0 saturated carbocycles. The van der Waals surface area contributed by atoms with Crippen molar-refractivity contribution < 1.29 is 0 Å². The zero-order valence-electron chi connectivity index (χ0n) is 12.6. The Morgan fingerprint density at radius 1 is 0.850 bits per heavy atom. The topological polar surface area (TPSA) is 29.0 Å². The summed E-state index contributed by atoms with van der Waals surface area (Å²) in [6, 6.07) is 12.4. The summed E-state index contributed by atoms with van der Waals surface area (Å²) < 4.78 is 0. The molecule has 2 rings (SSSR count). The molecule has 0 unspecified atom stereocenters. The SMILES string of the molecule is CCCN(Cc1cccc(C)n1)Cc1cccc(C)n1. The van der Waals surface area contributed by atoms with E-state index in [4.69, 9.17) is 0 Å². The van der Waals surface area contributed by atoms with E-state index in [9.17, 15) is 0 Å². The molecule has 2 heterocycles. The van der Waals surface area contributed by atoms with Gasteiger partial charge >= 0.3 is 0 Å². The Kier molecular flexibility index (Phi) is 5.24. The number of rotatable bonds is 6. The van der Waals surface area contributed by atoms with Gasteiger partial charge in [0.25, 0.3) is 0 Å². The molecule has 0 radical (unpaired) electrons. The van der Waals surface area contributed by atoms with E-state index in [1.165, 1.54) is 0 Å². The predicted octanol–water partition coefficient (Wildman–Crippen LogP) is 3.51. The fourth-order valence-electron chi connectivity index (χ4n) is 2.36. The Balaban J connectivity index is 2.07. The third-order valence-corrected chi connectivity index (χ3v) is 3.20. The van der Waals surface area contributed by atoms with Crippen LogP contribution < -0.4 is 0 Å². The Labute approximate surface area is 121 Å². The van der Waals surface area contributed by atoms with Crippen molar-refractivity contribution in [3.8, 4) is 0 Å². The van der Waals surface area contributed by atoms with E-state index in [0.29, 0.717) is 0 Å². The molecule has 0 atom stereocenters. The van der Waals surface area contributed by atoms with Crippen molar-refractivity contribution in [1.29, 1.82) is 0 Å². The second-order valence-electron chi connectivity index (χ2n) is 5.25. The maximum absolute atomic E-state index is 4.59. The van der Waals surface area contributed by atoms with Crippen LogP contribution in [0.25, 0.3) is 0 Å². The summed E-state index contributed by atoms with van der Waals surface area (Å²) in [7, 11) is 0. The summed E-state index contributed by atoms with van der Waals surface area (Å²) in [5, 5.41) is 0. The van der Waals surface area contributed by atoms with Crippen LogP contribution in [0.2, 0.25) is 0 Å². The molecule has 3 heteroatoms. The molecular formula is C17H23N3. The summed E-state index contributed by atoms with van der Waals surface area (Å²) >= 11 is 0. The van der Waals surface area contributed by atoms with Gasteiger partial charge in [-0.25, -0.2) is 0 Å². The third kappa shape index (κ3) is 4.42. The first-order valence-corrected chi connectivity index (χ1v) is 7.25. The number of aromatic nitrogens is 2. The number of aryl methyl sites for hydroxylation is 2. The third-order valence-electron chi connectivity index (χ3n) is 3.20. The van der Waals surface area contributed by atoms with Crippen LogP contribution in [0, 0.1) is 13.8 Å². The standard InChI is InChI=1S/C17H23N3/c1-4-11-20(12-16-9-5-7-14(2)18-16)13-17-10-6-8-15(3)19-17/h5-10H,4,11-13H2,1-3H3. The average Bonchev–Trinajstić information content (AvgIpc) is 2.39. The van der Waals surface area contributed by atoms with Crippen molar-refractivity contribution in [3.05, 3.63) is 59.2 Å². The van der Waals surface area contributed by atoms with Gasteiger partial charge in [-0.15, -0.1) is 0 Å². The Bertz CT molecular complexity index is 504. The number of pyridine rings is 2. The molecule has 3 nitrogen and oxygen atoms in total. The first-order valence-electron chi connectivity index (χ1n) is 7.25. The van der Waals surface area contributed by atoms with E-state index >= 15 is 0 Å². The first kappa shape index (κ1) is 14.7. The fraction of sp³-hybridized carbons (Fsp3) is 0.412. The molecular weight excluding hydrogens is 246 g/mol. The quantitative estimate of drug-likeness (QED) is 0.803. The minimum Gasteiger partial charge on any atom is -0.292 e. The Hall–Kier alpha value is -1.74. The first-order chi connectivity index (χ1) is 9.67. The van der Waals surface area contributed by atoms with E-state index in [2.05, 4.69) is 46.1 Å². The molecule has 0 fully saturated rings.